The fourth-order valence-corrected chi connectivity index (χ4v) is 6.44. The molecule has 0 radical (unpaired) electrons. The van der Waals surface area contributed by atoms with Gasteiger partial charge >= 0.3 is 6.09 Å². The van der Waals surface area contributed by atoms with Crippen LogP contribution in [0.25, 0.3) is 44.6 Å². The number of phenols is 2. The van der Waals surface area contributed by atoms with Crippen LogP contribution in [0.15, 0.2) is 84.9 Å². The number of hydrogen-bond donors (Lipinski definition) is 3. The van der Waals surface area contributed by atoms with Crippen LogP contribution in [0.5, 0.6) is 11.5 Å². The fourth-order valence-electron chi connectivity index (χ4n) is 6.20. The van der Waals surface area contributed by atoms with Gasteiger partial charge in [-0.1, -0.05) is 48.0 Å². The highest BCUT2D eigenvalue weighted by atomic mass is 35.5. The molecule has 1 amide bonds. The smallest absolute Gasteiger partial charge is 0.407 e. The summed E-state index contributed by atoms with van der Waals surface area (Å²) in [5.41, 5.74) is 4.53. The Morgan fingerprint density at radius 2 is 1.38 bits per heavy atom. The van der Waals surface area contributed by atoms with Crippen molar-refractivity contribution in [2.45, 2.75) is 53.1 Å². The first kappa shape index (κ1) is 36.3. The van der Waals surface area contributed by atoms with E-state index in [1.807, 2.05) is 71.0 Å². The summed E-state index contributed by atoms with van der Waals surface area (Å²) in [5.74, 6) is 2.39. The summed E-state index contributed by atoms with van der Waals surface area (Å²) < 4.78 is 5.38. The number of carbonyl (C=O) groups excluding carboxylic acids is 1. The second-order valence-corrected chi connectivity index (χ2v) is 14.5. The molecule has 1 aliphatic heterocycles. The summed E-state index contributed by atoms with van der Waals surface area (Å²) in [6.07, 6.45) is 1.65. The molecule has 3 N–H and O–H groups in total. The van der Waals surface area contributed by atoms with Crippen LogP contribution in [0.1, 0.15) is 44.7 Å². The monoisotopic (exact) mass is 718 g/mol. The number of aromatic nitrogens is 4. The molecule has 7 rings (SSSR count). The lowest BCUT2D eigenvalue weighted by molar-refractivity contribution is 0.0517. The van der Waals surface area contributed by atoms with E-state index in [0.717, 1.165) is 64.7 Å². The van der Waals surface area contributed by atoms with Gasteiger partial charge in [0.05, 0.1) is 22.2 Å². The maximum absolute atomic E-state index is 12.1. The van der Waals surface area contributed by atoms with E-state index in [-0.39, 0.29) is 23.5 Å². The quantitative estimate of drug-likeness (QED) is 0.149. The number of phenolic OH excluding ortho intramolecular Hbond substituents is 2. The first-order chi connectivity index (χ1) is 24.8. The van der Waals surface area contributed by atoms with Gasteiger partial charge in [-0.3, -0.25) is 0 Å². The SMILES string of the molecule is Cc1ccc2c(Cl)nc(-c3ccccc3O)nc2c1.Cc1ccc2c(N3CCC[C@@H](CNC(=O)OC(C)(C)C)C3)nc(-c3ccccc3O)nc2c1. The molecule has 10 nitrogen and oxygen atoms in total. The molecule has 0 spiro atoms. The molecule has 0 saturated carbocycles. The predicted molar refractivity (Wildman–Crippen MR) is 207 cm³/mol. The van der Waals surface area contributed by atoms with Gasteiger partial charge < -0.3 is 25.2 Å². The molecule has 1 atom stereocenters. The molecule has 6 aromatic rings. The van der Waals surface area contributed by atoms with Gasteiger partial charge in [0, 0.05) is 30.4 Å². The number of halogens is 1. The number of hydrogen-bond acceptors (Lipinski definition) is 9. The zero-order chi connectivity index (χ0) is 37.0. The van der Waals surface area contributed by atoms with Crippen molar-refractivity contribution in [1.82, 2.24) is 25.3 Å². The average molecular weight is 719 g/mol. The van der Waals surface area contributed by atoms with Gasteiger partial charge in [0.1, 0.15) is 28.1 Å². The summed E-state index contributed by atoms with van der Waals surface area (Å²) >= 11 is 6.18. The van der Waals surface area contributed by atoms with Gasteiger partial charge in [-0.15, -0.1) is 0 Å². The molecule has 1 aliphatic rings. The number of aromatic hydroxyl groups is 2. The minimum atomic E-state index is -0.514. The van der Waals surface area contributed by atoms with Crippen molar-refractivity contribution in [2.75, 3.05) is 24.5 Å². The number of amides is 1. The predicted octanol–water partition coefficient (Wildman–Crippen LogP) is 9.02. The standard InChI is InChI=1S/C26H32N4O3.C15H11ClN2O/c1-17-11-12-19-21(14-17)28-23(20-9-5-6-10-22(20)31)29-24(19)30-13-7-8-18(16-30)15-27-25(32)33-26(2,3)4;1-9-6-7-10-12(8-9)17-15(18-14(10)16)11-4-2-3-5-13(11)19/h5-6,9-12,14,18,31H,7-8,13,15-16H2,1-4H3,(H,27,32);2-8,19H,1H3/t18-;/m0./s1. The van der Waals surface area contributed by atoms with Crippen LogP contribution in [0.3, 0.4) is 0 Å². The van der Waals surface area contributed by atoms with Crippen molar-refractivity contribution < 1.29 is 19.7 Å². The zero-order valence-corrected chi connectivity index (χ0v) is 30.8. The molecular weight excluding hydrogens is 676 g/mol. The Labute approximate surface area is 308 Å². The van der Waals surface area contributed by atoms with Crippen molar-refractivity contribution in [1.29, 1.82) is 0 Å². The lowest BCUT2D eigenvalue weighted by Gasteiger charge is -2.34. The Bertz CT molecular complexity index is 2240. The summed E-state index contributed by atoms with van der Waals surface area (Å²) in [6.45, 7) is 11.8. The number of nitrogens with zero attached hydrogens (tertiary/aromatic N) is 5. The number of para-hydroxylation sites is 2. The van der Waals surface area contributed by atoms with Gasteiger partial charge in [0.15, 0.2) is 11.6 Å². The maximum Gasteiger partial charge on any atom is 0.407 e. The number of anilines is 1. The summed E-state index contributed by atoms with van der Waals surface area (Å²) in [5, 5.41) is 25.4. The van der Waals surface area contributed by atoms with E-state index in [0.29, 0.717) is 34.5 Å². The number of fused-ring (bicyclic) bond motifs is 2. The van der Waals surface area contributed by atoms with E-state index >= 15 is 0 Å². The van der Waals surface area contributed by atoms with E-state index in [2.05, 4.69) is 38.4 Å². The van der Waals surface area contributed by atoms with E-state index in [9.17, 15) is 15.0 Å². The van der Waals surface area contributed by atoms with Crippen molar-refractivity contribution in [3.63, 3.8) is 0 Å². The zero-order valence-electron chi connectivity index (χ0n) is 30.0. The van der Waals surface area contributed by atoms with Gasteiger partial charge in [-0.25, -0.2) is 24.7 Å². The number of piperidine rings is 1. The molecule has 2 aromatic heterocycles. The highest BCUT2D eigenvalue weighted by molar-refractivity contribution is 6.34. The normalized spacial score (nSPS) is 14.5. The highest BCUT2D eigenvalue weighted by Crippen LogP contribution is 2.34. The van der Waals surface area contributed by atoms with Crippen LogP contribution in [0, 0.1) is 19.8 Å². The third-order valence-corrected chi connectivity index (χ3v) is 8.97. The molecule has 4 aromatic carbocycles. The molecule has 11 heteroatoms. The second-order valence-electron chi connectivity index (χ2n) is 14.1. The molecular formula is C41H43ClN6O4. The number of alkyl carbamates (subject to hydrolysis) is 1. The maximum atomic E-state index is 12.1. The molecule has 52 heavy (non-hydrogen) atoms. The van der Waals surface area contributed by atoms with Crippen molar-refractivity contribution in [2.24, 2.45) is 5.92 Å². The summed E-state index contributed by atoms with van der Waals surface area (Å²) in [7, 11) is 0. The second kappa shape index (κ2) is 15.4. The van der Waals surface area contributed by atoms with Gasteiger partial charge in [0.2, 0.25) is 0 Å². The average Bonchev–Trinajstić information content (AvgIpc) is 3.10. The van der Waals surface area contributed by atoms with E-state index in [4.69, 9.17) is 26.3 Å². The summed E-state index contributed by atoms with van der Waals surface area (Å²) in [4.78, 5) is 32.8. The van der Waals surface area contributed by atoms with Crippen LogP contribution in [0.2, 0.25) is 5.15 Å². The van der Waals surface area contributed by atoms with Gasteiger partial charge in [0.25, 0.3) is 0 Å². The Morgan fingerprint density at radius 1 is 0.827 bits per heavy atom. The number of benzene rings is 4. The molecule has 0 unspecified atom stereocenters. The number of rotatable bonds is 5. The van der Waals surface area contributed by atoms with Crippen LogP contribution in [0.4, 0.5) is 10.6 Å². The Hall–Kier alpha value is -5.48. The fraction of sp³-hybridized carbons (Fsp3) is 0.293. The van der Waals surface area contributed by atoms with Gasteiger partial charge in [-0.05, 0) is 113 Å². The molecule has 0 bridgehead atoms. The number of aryl methyl sites for hydroxylation is 2. The minimum absolute atomic E-state index is 0.144. The van der Waals surface area contributed by atoms with Crippen LogP contribution in [-0.2, 0) is 4.74 Å². The molecule has 1 saturated heterocycles. The van der Waals surface area contributed by atoms with E-state index in [1.54, 1.807) is 30.3 Å². The largest absolute Gasteiger partial charge is 0.507 e. The van der Waals surface area contributed by atoms with Crippen LogP contribution in [-0.4, -0.2) is 61.5 Å². The lowest BCUT2D eigenvalue weighted by atomic mass is 9.97. The van der Waals surface area contributed by atoms with Crippen LogP contribution < -0.4 is 10.2 Å². The summed E-state index contributed by atoms with van der Waals surface area (Å²) in [6, 6.07) is 26.1. The first-order valence-corrected chi connectivity index (χ1v) is 17.7. The lowest BCUT2D eigenvalue weighted by Crippen LogP contribution is -2.42. The molecule has 1 fully saturated rings. The van der Waals surface area contributed by atoms with Gasteiger partial charge in [-0.2, -0.15) is 0 Å². The first-order valence-electron chi connectivity index (χ1n) is 17.4. The minimum Gasteiger partial charge on any atom is -0.507 e. The number of carbonyl (C=O) groups is 1. The third-order valence-electron chi connectivity index (χ3n) is 8.68. The molecule has 268 valence electrons. The molecule has 0 aliphatic carbocycles. The number of ether oxygens (including phenoxy) is 1. The van der Waals surface area contributed by atoms with Crippen LogP contribution >= 0.6 is 11.6 Å². The topological polar surface area (TPSA) is 134 Å². The Kier molecular flexibility index (Phi) is 10.8. The highest BCUT2D eigenvalue weighted by Gasteiger charge is 2.25. The van der Waals surface area contributed by atoms with Crippen molar-refractivity contribution in [3.05, 3.63) is 101 Å². The third kappa shape index (κ3) is 8.69. The molecule has 3 heterocycles. The van der Waals surface area contributed by atoms with E-state index < -0.39 is 5.60 Å². The number of nitrogens with one attached hydrogen (secondary N) is 1. The van der Waals surface area contributed by atoms with E-state index in [1.165, 1.54) is 0 Å². The van der Waals surface area contributed by atoms with Crippen molar-refractivity contribution >= 4 is 45.3 Å². The van der Waals surface area contributed by atoms with Crippen molar-refractivity contribution in [3.8, 4) is 34.3 Å². The Morgan fingerprint density at radius 3 is 1.98 bits per heavy atom. The Balaban J connectivity index is 0.000000206.